The Hall–Kier alpha value is -2.29. The first-order chi connectivity index (χ1) is 11.0. The molecule has 0 bridgehead atoms. The van der Waals surface area contributed by atoms with Gasteiger partial charge in [0.2, 0.25) is 0 Å². The van der Waals surface area contributed by atoms with Gasteiger partial charge in [-0.1, -0.05) is 39.7 Å². The molecule has 0 fully saturated rings. The lowest BCUT2D eigenvalue weighted by atomic mass is 10.1. The van der Waals surface area contributed by atoms with E-state index in [1.807, 2.05) is 12.1 Å². The van der Waals surface area contributed by atoms with Gasteiger partial charge in [-0.15, -0.1) is 0 Å². The molecule has 23 heavy (non-hydrogen) atoms. The summed E-state index contributed by atoms with van der Waals surface area (Å²) >= 11 is 9.36. The lowest BCUT2D eigenvalue weighted by Crippen LogP contribution is -2.13. The molecule has 0 saturated carbocycles. The summed E-state index contributed by atoms with van der Waals surface area (Å²) in [6.07, 6.45) is 1.47. The van der Waals surface area contributed by atoms with Crippen LogP contribution in [0.25, 0.3) is 6.08 Å². The highest BCUT2D eigenvalue weighted by Crippen LogP contribution is 2.26. The highest BCUT2D eigenvalue weighted by Gasteiger charge is 2.10. The minimum absolute atomic E-state index is 0.0220. The molecule has 2 aromatic rings. The number of hydrogen-bond donors (Lipinski definition) is 1. The molecule has 0 radical (unpaired) electrons. The molecule has 1 amide bonds. The van der Waals surface area contributed by atoms with Gasteiger partial charge in [-0.3, -0.25) is 4.79 Å². The van der Waals surface area contributed by atoms with Gasteiger partial charge in [0.1, 0.15) is 17.4 Å². The number of nitrogens with one attached hydrogen (secondary N) is 1. The largest absolute Gasteiger partial charge is 0.495 e. The molecule has 2 rings (SSSR count). The van der Waals surface area contributed by atoms with Crippen molar-refractivity contribution in [3.8, 4) is 11.8 Å². The summed E-state index contributed by atoms with van der Waals surface area (Å²) in [4.78, 5) is 12.2. The third-order valence-electron chi connectivity index (χ3n) is 2.93. The highest BCUT2D eigenvalue weighted by molar-refractivity contribution is 9.10. The van der Waals surface area contributed by atoms with Crippen LogP contribution >= 0.6 is 27.5 Å². The summed E-state index contributed by atoms with van der Waals surface area (Å²) in [7, 11) is 1.52. The summed E-state index contributed by atoms with van der Waals surface area (Å²) in [5, 5.41) is 12.3. The molecule has 0 saturated heterocycles. The summed E-state index contributed by atoms with van der Waals surface area (Å²) in [6.45, 7) is 0. The first-order valence-electron chi connectivity index (χ1n) is 6.55. The molecular formula is C17H12BrClN2O2. The Morgan fingerprint density at radius 1 is 1.35 bits per heavy atom. The van der Waals surface area contributed by atoms with E-state index in [0.717, 1.165) is 4.47 Å². The van der Waals surface area contributed by atoms with E-state index in [1.54, 1.807) is 36.4 Å². The van der Waals surface area contributed by atoms with E-state index in [-0.39, 0.29) is 5.57 Å². The molecule has 4 nitrogen and oxygen atoms in total. The van der Waals surface area contributed by atoms with E-state index in [4.69, 9.17) is 16.3 Å². The predicted molar refractivity (Wildman–Crippen MR) is 94.4 cm³/mol. The molecule has 0 aliphatic rings. The van der Waals surface area contributed by atoms with Gasteiger partial charge in [0.05, 0.1) is 12.1 Å². The Labute approximate surface area is 147 Å². The number of anilines is 1. The maximum Gasteiger partial charge on any atom is 0.266 e. The third-order valence-corrected chi connectivity index (χ3v) is 3.72. The van der Waals surface area contributed by atoms with Crippen LogP contribution < -0.4 is 10.1 Å². The molecule has 116 valence electrons. The van der Waals surface area contributed by atoms with Crippen LogP contribution in [0.2, 0.25) is 5.02 Å². The van der Waals surface area contributed by atoms with Crippen LogP contribution in [-0.4, -0.2) is 13.0 Å². The highest BCUT2D eigenvalue weighted by atomic mass is 79.9. The topological polar surface area (TPSA) is 62.1 Å². The van der Waals surface area contributed by atoms with Crippen LogP contribution in [0.5, 0.6) is 5.75 Å². The second kappa shape index (κ2) is 7.82. The van der Waals surface area contributed by atoms with Gasteiger partial charge in [-0.25, -0.2) is 0 Å². The SMILES string of the molecule is COc1ccc(/C=C(\C#N)C(=O)Nc2cccc(Br)c2)cc1Cl. The van der Waals surface area contributed by atoms with Crippen molar-refractivity contribution in [2.75, 3.05) is 12.4 Å². The minimum Gasteiger partial charge on any atom is -0.495 e. The second-order valence-corrected chi connectivity index (χ2v) is 5.85. The van der Waals surface area contributed by atoms with E-state index >= 15 is 0 Å². The van der Waals surface area contributed by atoms with Crippen LogP contribution in [0.1, 0.15) is 5.56 Å². The molecule has 0 aliphatic carbocycles. The van der Waals surface area contributed by atoms with Gasteiger partial charge in [0, 0.05) is 10.2 Å². The maximum atomic E-state index is 12.2. The number of amides is 1. The zero-order valence-corrected chi connectivity index (χ0v) is 14.5. The Balaban J connectivity index is 2.23. The number of rotatable bonds is 4. The number of carbonyl (C=O) groups excluding carboxylic acids is 1. The molecule has 1 N–H and O–H groups in total. The van der Waals surface area contributed by atoms with Gasteiger partial charge in [-0.2, -0.15) is 5.26 Å². The Kier molecular flexibility index (Phi) is 5.80. The van der Waals surface area contributed by atoms with Crippen molar-refractivity contribution >= 4 is 45.2 Å². The molecule has 0 spiro atoms. The van der Waals surface area contributed by atoms with Crippen molar-refractivity contribution in [1.82, 2.24) is 0 Å². The number of carbonyl (C=O) groups is 1. The number of nitriles is 1. The molecule has 0 aliphatic heterocycles. The van der Waals surface area contributed by atoms with Crippen molar-refractivity contribution in [1.29, 1.82) is 5.26 Å². The predicted octanol–water partition coefficient (Wildman–Crippen LogP) is 4.66. The second-order valence-electron chi connectivity index (χ2n) is 4.53. The summed E-state index contributed by atoms with van der Waals surface area (Å²) in [6, 6.07) is 14.0. The van der Waals surface area contributed by atoms with Crippen molar-refractivity contribution in [3.63, 3.8) is 0 Å². The van der Waals surface area contributed by atoms with Crippen molar-refractivity contribution < 1.29 is 9.53 Å². The lowest BCUT2D eigenvalue weighted by molar-refractivity contribution is -0.112. The average Bonchev–Trinajstić information content (AvgIpc) is 2.52. The van der Waals surface area contributed by atoms with Gasteiger partial charge in [-0.05, 0) is 42.0 Å². The number of hydrogen-bond acceptors (Lipinski definition) is 3. The first kappa shape index (κ1) is 17.1. The molecule has 2 aromatic carbocycles. The number of ether oxygens (including phenoxy) is 1. The van der Waals surface area contributed by atoms with Crippen LogP contribution in [-0.2, 0) is 4.79 Å². The van der Waals surface area contributed by atoms with E-state index < -0.39 is 5.91 Å². The monoisotopic (exact) mass is 390 g/mol. The van der Waals surface area contributed by atoms with E-state index in [0.29, 0.717) is 22.0 Å². The Bertz CT molecular complexity index is 812. The normalized spacial score (nSPS) is 10.8. The lowest BCUT2D eigenvalue weighted by Gasteiger charge is -2.06. The van der Waals surface area contributed by atoms with Crippen LogP contribution in [0.15, 0.2) is 52.5 Å². The van der Waals surface area contributed by atoms with Gasteiger partial charge in [0.15, 0.2) is 0 Å². The number of halogens is 2. The molecular weight excluding hydrogens is 380 g/mol. The minimum atomic E-state index is -0.488. The average molecular weight is 392 g/mol. The number of nitrogens with zero attached hydrogens (tertiary/aromatic N) is 1. The standard InChI is InChI=1S/C17H12BrClN2O2/c1-23-16-6-5-11(8-15(16)19)7-12(10-20)17(22)21-14-4-2-3-13(18)9-14/h2-9H,1H3,(H,21,22)/b12-7+. The molecule has 6 heteroatoms. The van der Waals surface area contributed by atoms with Crippen LogP contribution in [0.3, 0.4) is 0 Å². The summed E-state index contributed by atoms with van der Waals surface area (Å²) < 4.78 is 5.90. The molecule has 0 aromatic heterocycles. The van der Waals surface area contributed by atoms with E-state index in [1.165, 1.54) is 13.2 Å². The quantitative estimate of drug-likeness (QED) is 0.609. The fourth-order valence-corrected chi connectivity index (χ4v) is 2.52. The van der Waals surface area contributed by atoms with Crippen molar-refractivity contribution in [2.24, 2.45) is 0 Å². The van der Waals surface area contributed by atoms with Gasteiger partial charge in [0.25, 0.3) is 5.91 Å². The van der Waals surface area contributed by atoms with Crippen LogP contribution in [0, 0.1) is 11.3 Å². The maximum absolute atomic E-state index is 12.2. The van der Waals surface area contributed by atoms with E-state index in [9.17, 15) is 10.1 Å². The molecule has 0 unspecified atom stereocenters. The van der Waals surface area contributed by atoms with E-state index in [2.05, 4.69) is 21.2 Å². The molecule has 0 atom stereocenters. The van der Waals surface area contributed by atoms with Crippen LogP contribution in [0.4, 0.5) is 5.69 Å². The number of benzene rings is 2. The summed E-state index contributed by atoms with van der Waals surface area (Å²) in [5.74, 6) is 0.0402. The molecule has 0 heterocycles. The Morgan fingerprint density at radius 3 is 2.74 bits per heavy atom. The Morgan fingerprint density at radius 2 is 2.13 bits per heavy atom. The third kappa shape index (κ3) is 4.59. The fourth-order valence-electron chi connectivity index (χ4n) is 1.85. The first-order valence-corrected chi connectivity index (χ1v) is 7.73. The van der Waals surface area contributed by atoms with Crippen molar-refractivity contribution in [2.45, 2.75) is 0 Å². The zero-order chi connectivity index (χ0) is 16.8. The van der Waals surface area contributed by atoms with Gasteiger partial charge < -0.3 is 10.1 Å². The van der Waals surface area contributed by atoms with Gasteiger partial charge >= 0.3 is 0 Å². The zero-order valence-electron chi connectivity index (χ0n) is 12.1. The summed E-state index contributed by atoms with van der Waals surface area (Å²) in [5.41, 5.74) is 1.21. The smallest absolute Gasteiger partial charge is 0.266 e. The fraction of sp³-hybridized carbons (Fsp3) is 0.0588. The number of methoxy groups -OCH3 is 1. The van der Waals surface area contributed by atoms with Crippen molar-refractivity contribution in [3.05, 3.63) is 63.1 Å².